The van der Waals surface area contributed by atoms with E-state index in [1.54, 1.807) is 13.8 Å². The van der Waals surface area contributed by atoms with Gasteiger partial charge in [-0.1, -0.05) is 12.8 Å². The highest BCUT2D eigenvalue weighted by molar-refractivity contribution is 6.27. The third-order valence-electron chi connectivity index (χ3n) is 5.10. The lowest BCUT2D eigenvalue weighted by molar-refractivity contribution is 0.0965. The Balaban J connectivity index is 1.97. The van der Waals surface area contributed by atoms with E-state index >= 15 is 0 Å². The van der Waals surface area contributed by atoms with E-state index in [9.17, 15) is 19.2 Å². The van der Waals surface area contributed by atoms with Crippen LogP contribution < -0.4 is 11.1 Å². The Bertz CT molecular complexity index is 1050. The number of hydrogen-bond donors (Lipinski definition) is 1. The lowest BCUT2D eigenvalue weighted by Gasteiger charge is -2.23. The van der Waals surface area contributed by atoms with Crippen LogP contribution >= 0.6 is 0 Å². The predicted molar refractivity (Wildman–Crippen MR) is 91.4 cm³/mol. The Kier molecular flexibility index (Phi) is 3.39. The summed E-state index contributed by atoms with van der Waals surface area (Å²) in [5.74, 6) is -0.175. The molecule has 0 bridgehead atoms. The van der Waals surface area contributed by atoms with E-state index in [1.165, 1.54) is 16.7 Å². The topological polar surface area (TPSA) is 89.0 Å². The predicted octanol–water partition coefficient (Wildman–Crippen LogP) is 1.73. The van der Waals surface area contributed by atoms with Crippen molar-refractivity contribution in [2.75, 3.05) is 0 Å². The average molecular weight is 338 g/mol. The summed E-state index contributed by atoms with van der Waals surface area (Å²) in [5, 5.41) is 0. The monoisotopic (exact) mass is 338 g/mol. The van der Waals surface area contributed by atoms with Gasteiger partial charge in [0, 0.05) is 18.7 Å². The molecule has 0 atom stereocenters. The van der Waals surface area contributed by atoms with Crippen molar-refractivity contribution in [1.29, 1.82) is 0 Å². The highest BCUT2D eigenvalue weighted by Crippen LogP contribution is 2.34. The minimum Gasteiger partial charge on any atom is -0.318 e. The highest BCUT2D eigenvalue weighted by Gasteiger charge is 2.36. The number of pyridine rings is 2. The molecule has 2 aromatic rings. The maximum absolute atomic E-state index is 13.1. The van der Waals surface area contributed by atoms with Gasteiger partial charge < -0.3 is 9.55 Å². The van der Waals surface area contributed by atoms with Gasteiger partial charge in [0.2, 0.25) is 11.3 Å². The van der Waals surface area contributed by atoms with Gasteiger partial charge in [-0.2, -0.15) is 0 Å². The van der Waals surface area contributed by atoms with Crippen LogP contribution in [0.25, 0.3) is 0 Å². The number of nitrogens with one attached hydrogen (secondary N) is 1. The minimum absolute atomic E-state index is 0.00679. The maximum Gasteiger partial charge on any atom is 0.251 e. The van der Waals surface area contributed by atoms with Gasteiger partial charge in [0.15, 0.2) is 5.78 Å². The van der Waals surface area contributed by atoms with Crippen molar-refractivity contribution in [2.24, 2.45) is 5.92 Å². The zero-order valence-electron chi connectivity index (χ0n) is 14.1. The molecule has 0 aliphatic heterocycles. The van der Waals surface area contributed by atoms with Gasteiger partial charge in [-0.25, -0.2) is 0 Å². The van der Waals surface area contributed by atoms with Crippen LogP contribution in [0.5, 0.6) is 0 Å². The van der Waals surface area contributed by atoms with Crippen molar-refractivity contribution < 1.29 is 9.59 Å². The molecule has 25 heavy (non-hydrogen) atoms. The fourth-order valence-electron chi connectivity index (χ4n) is 3.62. The third kappa shape index (κ3) is 2.40. The van der Waals surface area contributed by atoms with E-state index in [2.05, 4.69) is 4.98 Å². The van der Waals surface area contributed by atoms with Crippen LogP contribution in [0.4, 0.5) is 0 Å². The van der Waals surface area contributed by atoms with Crippen LogP contribution in [0.1, 0.15) is 62.5 Å². The second kappa shape index (κ2) is 5.37. The van der Waals surface area contributed by atoms with Crippen molar-refractivity contribution >= 4 is 11.6 Å². The summed E-state index contributed by atoms with van der Waals surface area (Å²) < 4.78 is 1.41. The molecular formula is C19H18N2O4. The molecule has 128 valence electrons. The molecule has 0 aromatic carbocycles. The molecule has 2 aliphatic carbocycles. The summed E-state index contributed by atoms with van der Waals surface area (Å²) in [4.78, 5) is 52.8. The Hall–Kier alpha value is -2.76. The first-order valence-corrected chi connectivity index (χ1v) is 8.46. The molecule has 0 saturated heterocycles. The van der Waals surface area contributed by atoms with E-state index in [-0.39, 0.29) is 33.9 Å². The molecule has 1 N–H and O–H groups in total. The van der Waals surface area contributed by atoms with Gasteiger partial charge in [-0.3, -0.25) is 19.2 Å². The highest BCUT2D eigenvalue weighted by atomic mass is 16.2. The number of fused-ring (bicyclic) bond motifs is 2. The molecule has 6 nitrogen and oxygen atoms in total. The molecule has 1 fully saturated rings. The van der Waals surface area contributed by atoms with E-state index < -0.39 is 11.3 Å². The molecule has 0 amide bonds. The maximum atomic E-state index is 13.1. The molecular weight excluding hydrogens is 320 g/mol. The van der Waals surface area contributed by atoms with Gasteiger partial charge in [-0.05, 0) is 37.3 Å². The fourth-order valence-corrected chi connectivity index (χ4v) is 3.62. The Morgan fingerprint density at radius 1 is 1.00 bits per heavy atom. The first-order chi connectivity index (χ1) is 11.9. The SMILES string of the molecule is Cc1cc(=O)[nH]c2c1C(=O)c1c(C)cc(=O)n(CCC3CC3)c1C2=O. The fraction of sp³-hybridized carbons (Fsp3) is 0.368. The number of carbonyl (C=O) groups is 2. The molecule has 0 spiro atoms. The summed E-state index contributed by atoms with van der Waals surface area (Å²) in [7, 11) is 0. The van der Waals surface area contributed by atoms with E-state index in [0.29, 0.717) is 23.6 Å². The summed E-state index contributed by atoms with van der Waals surface area (Å²) in [6, 6.07) is 2.73. The normalized spacial score (nSPS) is 15.9. The number of ketones is 2. The molecule has 6 heteroatoms. The van der Waals surface area contributed by atoms with E-state index in [1.807, 2.05) is 0 Å². The lowest BCUT2D eigenvalue weighted by atomic mass is 9.85. The minimum atomic E-state index is -0.456. The molecule has 2 heterocycles. The van der Waals surface area contributed by atoms with Crippen molar-refractivity contribution in [1.82, 2.24) is 9.55 Å². The van der Waals surface area contributed by atoms with Crippen LogP contribution in [0.3, 0.4) is 0 Å². The average Bonchev–Trinajstić information content (AvgIpc) is 3.34. The summed E-state index contributed by atoms with van der Waals surface area (Å²) in [6.07, 6.45) is 3.10. The number of H-pyrrole nitrogens is 1. The van der Waals surface area contributed by atoms with Crippen LogP contribution in [-0.4, -0.2) is 21.1 Å². The molecule has 4 rings (SSSR count). The van der Waals surface area contributed by atoms with E-state index in [4.69, 9.17) is 0 Å². The molecule has 0 unspecified atom stereocenters. The van der Waals surface area contributed by atoms with Crippen molar-refractivity contribution in [3.05, 3.63) is 66.5 Å². The Labute approximate surface area is 143 Å². The number of aromatic amines is 1. The number of aromatic nitrogens is 2. The largest absolute Gasteiger partial charge is 0.318 e. The Morgan fingerprint density at radius 2 is 1.68 bits per heavy atom. The van der Waals surface area contributed by atoms with Crippen LogP contribution in [0.2, 0.25) is 0 Å². The number of aryl methyl sites for hydroxylation is 2. The van der Waals surface area contributed by atoms with Gasteiger partial charge in [0.25, 0.3) is 5.56 Å². The first kappa shape index (κ1) is 15.7. The third-order valence-corrected chi connectivity index (χ3v) is 5.10. The zero-order valence-corrected chi connectivity index (χ0v) is 14.1. The van der Waals surface area contributed by atoms with Crippen LogP contribution in [-0.2, 0) is 6.54 Å². The van der Waals surface area contributed by atoms with Crippen molar-refractivity contribution in [2.45, 2.75) is 39.7 Å². The molecule has 1 saturated carbocycles. The van der Waals surface area contributed by atoms with Gasteiger partial charge in [-0.15, -0.1) is 0 Å². The number of rotatable bonds is 3. The van der Waals surface area contributed by atoms with E-state index in [0.717, 1.165) is 19.3 Å². The smallest absolute Gasteiger partial charge is 0.251 e. The van der Waals surface area contributed by atoms with Gasteiger partial charge in [0.1, 0.15) is 11.4 Å². The second-order valence-corrected chi connectivity index (χ2v) is 7.00. The molecule has 2 aliphatic rings. The first-order valence-electron chi connectivity index (χ1n) is 8.46. The molecule has 0 radical (unpaired) electrons. The number of hydrogen-bond acceptors (Lipinski definition) is 4. The van der Waals surface area contributed by atoms with Crippen LogP contribution in [0.15, 0.2) is 21.7 Å². The number of carbonyl (C=O) groups excluding carboxylic acids is 2. The second-order valence-electron chi connectivity index (χ2n) is 7.00. The standard InChI is InChI=1S/C19H18N2O4/c1-9-7-12(22)20-16-14(9)18(24)15-10(2)8-13(23)21(17(15)19(16)25)6-5-11-3-4-11/h7-8,11H,3-6H2,1-2H3,(H,20,22). The number of nitrogens with zero attached hydrogens (tertiary/aromatic N) is 1. The van der Waals surface area contributed by atoms with Gasteiger partial charge >= 0.3 is 0 Å². The van der Waals surface area contributed by atoms with Crippen molar-refractivity contribution in [3.8, 4) is 0 Å². The summed E-state index contributed by atoms with van der Waals surface area (Å²) >= 11 is 0. The van der Waals surface area contributed by atoms with Crippen molar-refractivity contribution in [3.63, 3.8) is 0 Å². The quantitative estimate of drug-likeness (QED) is 0.787. The summed E-state index contributed by atoms with van der Waals surface area (Å²) in [5.41, 5.74) is 0.875. The lowest BCUT2D eigenvalue weighted by Crippen LogP contribution is -2.36. The Morgan fingerprint density at radius 3 is 2.36 bits per heavy atom. The molecule has 2 aromatic heterocycles. The van der Waals surface area contributed by atoms with Gasteiger partial charge in [0.05, 0.1) is 11.1 Å². The zero-order chi connectivity index (χ0) is 17.9. The van der Waals surface area contributed by atoms with Crippen LogP contribution in [0, 0.1) is 19.8 Å². The summed E-state index contributed by atoms with van der Waals surface area (Å²) in [6.45, 7) is 3.72.